The second-order valence-electron chi connectivity index (χ2n) is 4.52. The molecule has 23 heavy (non-hydrogen) atoms. The molecule has 0 aliphatic rings. The van der Waals surface area contributed by atoms with E-state index >= 15 is 0 Å². The topological polar surface area (TPSA) is 71.3 Å². The molecular weight excluding hydrogens is 312 g/mol. The fourth-order valence-electron chi connectivity index (χ4n) is 1.90. The monoisotopic (exact) mass is 328 g/mol. The Kier molecular flexibility index (Phi) is 5.78. The molecule has 2 rings (SSSR count). The molecule has 118 valence electrons. The molecule has 1 N–H and O–H groups in total. The number of nitriles is 1. The molecule has 0 atom stereocenters. The van der Waals surface area contributed by atoms with E-state index in [0.29, 0.717) is 22.1 Å². The zero-order valence-electron chi connectivity index (χ0n) is 12.8. The molecule has 1 amide bonds. The maximum Gasteiger partial charge on any atom is 0.262 e. The molecule has 0 spiro atoms. The van der Waals surface area contributed by atoms with Gasteiger partial charge in [0, 0.05) is 0 Å². The van der Waals surface area contributed by atoms with Crippen LogP contribution in [-0.4, -0.2) is 19.6 Å². The largest absolute Gasteiger partial charge is 0.493 e. The average Bonchev–Trinajstić information content (AvgIpc) is 3.00. The van der Waals surface area contributed by atoms with E-state index in [1.807, 2.05) is 37.3 Å². The Morgan fingerprint density at radius 1 is 1.39 bits per heavy atom. The van der Waals surface area contributed by atoms with Gasteiger partial charge in [-0.3, -0.25) is 4.79 Å². The number of methoxy groups -OCH3 is 1. The summed E-state index contributed by atoms with van der Waals surface area (Å²) in [6, 6.07) is 9.15. The lowest BCUT2D eigenvalue weighted by molar-refractivity contribution is -0.118. The lowest BCUT2D eigenvalue weighted by Crippen LogP contribution is -2.20. The molecule has 0 unspecified atom stereocenters. The number of hydrogen-bond acceptors (Lipinski definition) is 5. The summed E-state index contributed by atoms with van der Waals surface area (Å²) < 4.78 is 10.8. The van der Waals surface area contributed by atoms with Gasteiger partial charge < -0.3 is 14.8 Å². The Bertz CT molecular complexity index is 759. The molecular formula is C17H16N2O3S. The summed E-state index contributed by atoms with van der Waals surface area (Å²) in [6.45, 7) is 1.77. The van der Waals surface area contributed by atoms with Gasteiger partial charge in [-0.15, -0.1) is 11.3 Å². The van der Waals surface area contributed by atoms with E-state index in [4.69, 9.17) is 14.7 Å². The maximum atomic E-state index is 11.9. The first-order valence-electron chi connectivity index (χ1n) is 6.89. The number of ether oxygens (including phenoxy) is 2. The Morgan fingerprint density at radius 3 is 2.91 bits per heavy atom. The third kappa shape index (κ3) is 4.34. The standard InChI is InChI=1S/C17H16N2O3S/c1-3-4-12-5-6-14(15(9-12)21-2)22-11-16(20)19-17-13(10-18)7-8-23-17/h3-9H,11H2,1-2H3,(H,19,20)/b4-3-. The molecule has 0 saturated heterocycles. The van der Waals surface area contributed by atoms with Gasteiger partial charge in [-0.2, -0.15) is 5.26 Å². The normalized spacial score (nSPS) is 10.3. The molecule has 5 nitrogen and oxygen atoms in total. The van der Waals surface area contributed by atoms with Gasteiger partial charge in [0.15, 0.2) is 18.1 Å². The second kappa shape index (κ2) is 8.01. The van der Waals surface area contributed by atoms with E-state index in [2.05, 4.69) is 5.32 Å². The number of rotatable bonds is 6. The van der Waals surface area contributed by atoms with Gasteiger partial charge in [-0.05, 0) is 36.1 Å². The molecule has 0 saturated carbocycles. The lowest BCUT2D eigenvalue weighted by Gasteiger charge is -2.11. The molecule has 1 aromatic heterocycles. The van der Waals surface area contributed by atoms with Gasteiger partial charge >= 0.3 is 0 Å². The van der Waals surface area contributed by atoms with E-state index in [9.17, 15) is 4.79 Å². The number of allylic oxidation sites excluding steroid dienone is 1. The third-order valence-electron chi connectivity index (χ3n) is 2.94. The molecule has 6 heteroatoms. The molecule has 0 fully saturated rings. The van der Waals surface area contributed by atoms with Crippen molar-refractivity contribution in [2.24, 2.45) is 0 Å². The van der Waals surface area contributed by atoms with Crippen molar-refractivity contribution in [1.82, 2.24) is 0 Å². The zero-order chi connectivity index (χ0) is 16.7. The summed E-state index contributed by atoms with van der Waals surface area (Å²) in [5.41, 5.74) is 1.43. The van der Waals surface area contributed by atoms with Crippen LogP contribution in [0.2, 0.25) is 0 Å². The summed E-state index contributed by atoms with van der Waals surface area (Å²) in [4.78, 5) is 11.9. The second-order valence-corrected chi connectivity index (χ2v) is 5.44. The molecule has 0 radical (unpaired) electrons. The van der Waals surface area contributed by atoms with Crippen LogP contribution in [0.3, 0.4) is 0 Å². The Labute approximate surface area is 138 Å². The van der Waals surface area contributed by atoms with E-state index in [-0.39, 0.29) is 12.5 Å². The Balaban J connectivity index is 2.00. The first-order valence-corrected chi connectivity index (χ1v) is 7.77. The van der Waals surface area contributed by atoms with E-state index in [1.165, 1.54) is 11.3 Å². The number of anilines is 1. The SMILES string of the molecule is C/C=C\c1ccc(OCC(=O)Nc2sccc2C#N)c(OC)c1. The van der Waals surface area contributed by atoms with E-state index in [0.717, 1.165) is 5.56 Å². The van der Waals surface area contributed by atoms with Crippen LogP contribution in [0.25, 0.3) is 6.08 Å². The van der Waals surface area contributed by atoms with Crippen LogP contribution >= 0.6 is 11.3 Å². The minimum atomic E-state index is -0.330. The van der Waals surface area contributed by atoms with E-state index in [1.54, 1.807) is 24.6 Å². The minimum absolute atomic E-state index is 0.165. The van der Waals surface area contributed by atoms with Crippen LogP contribution in [0.5, 0.6) is 11.5 Å². The predicted octanol–water partition coefficient (Wildman–Crippen LogP) is 3.68. The Morgan fingerprint density at radius 2 is 2.22 bits per heavy atom. The summed E-state index contributed by atoms with van der Waals surface area (Å²) in [6.07, 6.45) is 3.87. The molecule has 0 bridgehead atoms. The highest BCUT2D eigenvalue weighted by atomic mass is 32.1. The van der Waals surface area contributed by atoms with Gasteiger partial charge in [-0.1, -0.05) is 18.2 Å². The summed E-state index contributed by atoms with van der Waals surface area (Å²) in [7, 11) is 1.55. The number of carbonyl (C=O) groups is 1. The van der Waals surface area contributed by atoms with Crippen molar-refractivity contribution in [3.8, 4) is 17.6 Å². The van der Waals surface area contributed by atoms with Crippen molar-refractivity contribution in [1.29, 1.82) is 5.26 Å². The molecule has 1 aromatic carbocycles. The summed E-state index contributed by atoms with van der Waals surface area (Å²) in [5.74, 6) is 0.716. The van der Waals surface area contributed by atoms with Crippen LogP contribution in [0.1, 0.15) is 18.1 Å². The van der Waals surface area contributed by atoms with E-state index < -0.39 is 0 Å². The van der Waals surface area contributed by atoms with Gasteiger partial charge in [0.05, 0.1) is 12.7 Å². The summed E-state index contributed by atoms with van der Waals surface area (Å²) in [5, 5.41) is 13.9. The van der Waals surface area contributed by atoms with Crippen molar-refractivity contribution < 1.29 is 14.3 Å². The number of benzene rings is 1. The molecule has 0 aliphatic carbocycles. The van der Waals surface area contributed by atoms with Crippen LogP contribution in [-0.2, 0) is 4.79 Å². The predicted molar refractivity (Wildman–Crippen MR) is 90.9 cm³/mol. The van der Waals surface area contributed by atoms with Crippen LogP contribution in [0.4, 0.5) is 5.00 Å². The summed E-state index contributed by atoms with van der Waals surface area (Å²) >= 11 is 1.30. The van der Waals surface area contributed by atoms with Crippen molar-refractivity contribution >= 4 is 28.3 Å². The van der Waals surface area contributed by atoms with Gasteiger partial charge in [-0.25, -0.2) is 0 Å². The van der Waals surface area contributed by atoms with Crippen molar-refractivity contribution in [3.05, 3.63) is 46.8 Å². The zero-order valence-corrected chi connectivity index (χ0v) is 13.6. The lowest BCUT2D eigenvalue weighted by atomic mass is 10.2. The highest BCUT2D eigenvalue weighted by Gasteiger charge is 2.11. The van der Waals surface area contributed by atoms with Crippen molar-refractivity contribution in [2.45, 2.75) is 6.92 Å². The molecule has 1 heterocycles. The first-order chi connectivity index (χ1) is 11.2. The fraction of sp³-hybridized carbons (Fsp3) is 0.176. The molecule has 0 aliphatic heterocycles. The number of hydrogen-bond donors (Lipinski definition) is 1. The number of carbonyl (C=O) groups excluding carboxylic acids is 1. The van der Waals surface area contributed by atoms with Crippen LogP contribution in [0.15, 0.2) is 35.7 Å². The van der Waals surface area contributed by atoms with Gasteiger partial charge in [0.2, 0.25) is 0 Å². The quantitative estimate of drug-likeness (QED) is 0.878. The number of nitrogens with zero attached hydrogens (tertiary/aromatic N) is 1. The van der Waals surface area contributed by atoms with Crippen LogP contribution < -0.4 is 14.8 Å². The fourth-order valence-corrected chi connectivity index (χ4v) is 2.65. The molecule has 2 aromatic rings. The Hall–Kier alpha value is -2.78. The van der Waals surface area contributed by atoms with Crippen molar-refractivity contribution in [2.75, 3.05) is 19.0 Å². The van der Waals surface area contributed by atoms with Crippen molar-refractivity contribution in [3.63, 3.8) is 0 Å². The van der Waals surface area contributed by atoms with Crippen LogP contribution in [0, 0.1) is 11.3 Å². The highest BCUT2D eigenvalue weighted by Crippen LogP contribution is 2.28. The minimum Gasteiger partial charge on any atom is -0.493 e. The van der Waals surface area contributed by atoms with Gasteiger partial charge in [0.1, 0.15) is 11.1 Å². The third-order valence-corrected chi connectivity index (χ3v) is 3.77. The van der Waals surface area contributed by atoms with Gasteiger partial charge in [0.25, 0.3) is 5.91 Å². The number of nitrogens with one attached hydrogen (secondary N) is 1. The maximum absolute atomic E-state index is 11.9. The number of amides is 1. The highest BCUT2D eigenvalue weighted by molar-refractivity contribution is 7.14. The number of thiophene rings is 1. The first kappa shape index (κ1) is 16.6. The average molecular weight is 328 g/mol. The smallest absolute Gasteiger partial charge is 0.262 e.